The van der Waals surface area contributed by atoms with Crippen molar-refractivity contribution in [3.8, 4) is 0 Å². The maximum atomic E-state index is 12.6. The number of para-hydroxylation sites is 1. The minimum Gasteiger partial charge on any atom is -0.349 e. The summed E-state index contributed by atoms with van der Waals surface area (Å²) in [4.78, 5) is 18.2. The van der Waals surface area contributed by atoms with Gasteiger partial charge in [-0.3, -0.25) is 9.78 Å². The fraction of sp³-hybridized carbons (Fsp3) is 0.333. The smallest absolute Gasteiger partial charge is 0.230 e. The van der Waals surface area contributed by atoms with Gasteiger partial charge in [-0.2, -0.15) is 0 Å². The summed E-state index contributed by atoms with van der Waals surface area (Å²) in [6, 6.07) is 12.4. The van der Waals surface area contributed by atoms with Gasteiger partial charge in [0.15, 0.2) is 0 Å². The number of carbonyl (C=O) groups is 1. The molecule has 26 heavy (non-hydrogen) atoms. The van der Waals surface area contributed by atoms with Gasteiger partial charge >= 0.3 is 0 Å². The maximum absolute atomic E-state index is 12.6. The van der Waals surface area contributed by atoms with Crippen LogP contribution >= 0.6 is 11.8 Å². The van der Waals surface area contributed by atoms with E-state index in [1.807, 2.05) is 31.4 Å². The van der Waals surface area contributed by atoms with Crippen molar-refractivity contribution in [2.24, 2.45) is 13.0 Å². The van der Waals surface area contributed by atoms with Crippen LogP contribution in [0.25, 0.3) is 10.9 Å². The fourth-order valence-electron chi connectivity index (χ4n) is 3.37. The normalized spacial score (nSPS) is 15.2. The Bertz CT molecular complexity index is 945. The molecule has 1 fully saturated rings. The number of nitrogens with one attached hydrogen (secondary N) is 1. The molecule has 0 bridgehead atoms. The van der Waals surface area contributed by atoms with Crippen LogP contribution in [0.15, 0.2) is 53.7 Å². The van der Waals surface area contributed by atoms with E-state index in [9.17, 15) is 4.79 Å². The van der Waals surface area contributed by atoms with Crippen LogP contribution in [0.2, 0.25) is 0 Å². The summed E-state index contributed by atoms with van der Waals surface area (Å²) in [5.74, 6) is 1.02. The zero-order valence-electron chi connectivity index (χ0n) is 15.1. The molecule has 0 spiro atoms. The van der Waals surface area contributed by atoms with Crippen LogP contribution in [0, 0.1) is 12.8 Å². The molecule has 1 amide bonds. The summed E-state index contributed by atoms with van der Waals surface area (Å²) in [6.07, 6.45) is 6.26. The van der Waals surface area contributed by atoms with Gasteiger partial charge in [0.25, 0.3) is 0 Å². The van der Waals surface area contributed by atoms with Crippen LogP contribution in [-0.4, -0.2) is 21.2 Å². The number of hydrogen-bond acceptors (Lipinski definition) is 3. The van der Waals surface area contributed by atoms with Gasteiger partial charge in [0.05, 0.1) is 17.5 Å². The largest absolute Gasteiger partial charge is 0.349 e. The van der Waals surface area contributed by atoms with Gasteiger partial charge in [-0.15, -0.1) is 11.8 Å². The van der Waals surface area contributed by atoms with Crippen LogP contribution < -0.4 is 5.32 Å². The first-order valence-electron chi connectivity index (χ1n) is 9.00. The minimum absolute atomic E-state index is 0.0375. The molecule has 0 saturated heterocycles. The molecule has 134 valence electrons. The number of fused-ring (bicyclic) bond motifs is 1. The van der Waals surface area contributed by atoms with E-state index in [-0.39, 0.29) is 11.9 Å². The predicted molar refractivity (Wildman–Crippen MR) is 106 cm³/mol. The first kappa shape index (κ1) is 17.2. The van der Waals surface area contributed by atoms with Crippen molar-refractivity contribution in [1.82, 2.24) is 14.9 Å². The van der Waals surface area contributed by atoms with Gasteiger partial charge in [-0.25, -0.2) is 0 Å². The molecule has 1 aliphatic carbocycles. The van der Waals surface area contributed by atoms with Gasteiger partial charge in [-0.1, -0.05) is 18.2 Å². The molecule has 4 rings (SSSR count). The fourth-order valence-corrected chi connectivity index (χ4v) is 4.30. The van der Waals surface area contributed by atoms with E-state index in [0.29, 0.717) is 11.7 Å². The molecule has 1 saturated carbocycles. The lowest BCUT2D eigenvalue weighted by molar-refractivity contribution is -0.119. The molecule has 0 radical (unpaired) electrons. The number of aryl methyl sites for hydroxylation is 2. The first-order chi connectivity index (χ1) is 12.6. The SMILES string of the molecule is Cc1ccnc(C(NC(=O)CSc2cn(C)c3ccccc23)C2CC2)c1. The van der Waals surface area contributed by atoms with Gasteiger partial charge in [-0.05, 0) is 49.4 Å². The highest BCUT2D eigenvalue weighted by molar-refractivity contribution is 8.00. The molecule has 1 N–H and O–H groups in total. The van der Waals surface area contributed by atoms with Crippen molar-refractivity contribution in [1.29, 1.82) is 0 Å². The highest BCUT2D eigenvalue weighted by Gasteiger charge is 2.34. The highest BCUT2D eigenvalue weighted by atomic mass is 32.2. The number of pyridine rings is 1. The van der Waals surface area contributed by atoms with Crippen LogP contribution in [-0.2, 0) is 11.8 Å². The van der Waals surface area contributed by atoms with Gasteiger partial charge in [0.2, 0.25) is 5.91 Å². The second kappa shape index (κ2) is 7.16. The third-order valence-electron chi connectivity index (χ3n) is 4.88. The van der Waals surface area contributed by atoms with Crippen molar-refractivity contribution in [2.45, 2.75) is 30.7 Å². The number of aromatic nitrogens is 2. The topological polar surface area (TPSA) is 46.9 Å². The number of thioether (sulfide) groups is 1. The molecule has 1 aliphatic rings. The number of rotatable bonds is 6. The molecule has 1 unspecified atom stereocenters. The Hall–Kier alpha value is -2.27. The molecule has 3 aromatic rings. The Morgan fingerprint density at radius 2 is 2.15 bits per heavy atom. The highest BCUT2D eigenvalue weighted by Crippen LogP contribution is 2.40. The van der Waals surface area contributed by atoms with Gasteiger partial charge < -0.3 is 9.88 Å². The van der Waals surface area contributed by atoms with Crippen molar-refractivity contribution in [3.05, 3.63) is 60.0 Å². The molecule has 5 heteroatoms. The Morgan fingerprint density at radius 1 is 1.35 bits per heavy atom. The lowest BCUT2D eigenvalue weighted by Gasteiger charge is -2.18. The quantitative estimate of drug-likeness (QED) is 0.665. The Kier molecular flexibility index (Phi) is 4.72. The Morgan fingerprint density at radius 3 is 2.92 bits per heavy atom. The second-order valence-corrected chi connectivity index (χ2v) is 8.07. The van der Waals surface area contributed by atoms with Gasteiger partial charge in [0, 0.05) is 35.2 Å². The Labute approximate surface area is 158 Å². The zero-order chi connectivity index (χ0) is 18.1. The summed E-state index contributed by atoms with van der Waals surface area (Å²) in [7, 11) is 2.04. The minimum atomic E-state index is 0.0375. The van der Waals surface area contributed by atoms with E-state index < -0.39 is 0 Å². The summed E-state index contributed by atoms with van der Waals surface area (Å²) in [6.45, 7) is 2.06. The first-order valence-corrected chi connectivity index (χ1v) is 9.99. The third-order valence-corrected chi connectivity index (χ3v) is 5.93. The average Bonchev–Trinajstić information content (AvgIpc) is 3.43. The van der Waals surface area contributed by atoms with Crippen molar-refractivity contribution < 1.29 is 4.79 Å². The van der Waals surface area contributed by atoms with Crippen LogP contribution in [0.1, 0.15) is 30.1 Å². The average molecular weight is 366 g/mol. The maximum Gasteiger partial charge on any atom is 0.230 e. The molecular formula is C21H23N3OS. The molecule has 1 atom stereocenters. The van der Waals surface area contributed by atoms with E-state index in [4.69, 9.17) is 0 Å². The van der Waals surface area contributed by atoms with E-state index in [1.165, 1.54) is 16.5 Å². The second-order valence-electron chi connectivity index (χ2n) is 7.05. The van der Waals surface area contributed by atoms with Crippen LogP contribution in [0.3, 0.4) is 0 Å². The summed E-state index contributed by atoms with van der Waals surface area (Å²) in [5, 5.41) is 4.42. The summed E-state index contributed by atoms with van der Waals surface area (Å²) >= 11 is 1.60. The molecule has 4 nitrogen and oxygen atoms in total. The van der Waals surface area contributed by atoms with Crippen LogP contribution in [0.5, 0.6) is 0 Å². The third kappa shape index (κ3) is 3.63. The molecule has 1 aromatic carbocycles. The summed E-state index contributed by atoms with van der Waals surface area (Å²) < 4.78 is 2.11. The number of carbonyl (C=O) groups excluding carboxylic acids is 1. The number of benzene rings is 1. The predicted octanol–water partition coefficient (Wildman–Crippen LogP) is 4.24. The molecule has 2 aromatic heterocycles. The van der Waals surface area contributed by atoms with E-state index in [1.54, 1.807) is 11.8 Å². The zero-order valence-corrected chi connectivity index (χ0v) is 15.9. The van der Waals surface area contributed by atoms with Crippen molar-refractivity contribution >= 4 is 28.6 Å². The number of amides is 1. The lowest BCUT2D eigenvalue weighted by Crippen LogP contribution is -2.31. The monoisotopic (exact) mass is 365 g/mol. The number of nitrogens with zero attached hydrogens (tertiary/aromatic N) is 2. The standard InChI is InChI=1S/C21H23N3OS/c1-14-9-10-22-17(11-14)21(15-7-8-15)23-20(25)13-26-19-12-24(2)18-6-4-3-5-16(18)19/h3-6,9-12,15,21H,7-8,13H2,1-2H3,(H,23,25). The summed E-state index contributed by atoms with van der Waals surface area (Å²) in [5.41, 5.74) is 3.35. The molecular weight excluding hydrogens is 342 g/mol. The van der Waals surface area contributed by atoms with E-state index >= 15 is 0 Å². The lowest BCUT2D eigenvalue weighted by atomic mass is 10.1. The molecule has 0 aliphatic heterocycles. The van der Waals surface area contributed by atoms with Gasteiger partial charge in [0.1, 0.15) is 0 Å². The number of hydrogen-bond donors (Lipinski definition) is 1. The Balaban J connectivity index is 1.44. The van der Waals surface area contributed by atoms with Crippen molar-refractivity contribution in [2.75, 3.05) is 5.75 Å². The van der Waals surface area contributed by atoms with Crippen LogP contribution in [0.4, 0.5) is 0 Å². The molecule has 2 heterocycles. The van der Waals surface area contributed by atoms with E-state index in [2.05, 4.69) is 46.2 Å². The van der Waals surface area contributed by atoms with Crippen molar-refractivity contribution in [3.63, 3.8) is 0 Å². The van der Waals surface area contributed by atoms with E-state index in [0.717, 1.165) is 23.4 Å².